The summed E-state index contributed by atoms with van der Waals surface area (Å²) >= 11 is 5.64. The molecule has 108 valence electrons. The maximum Gasteiger partial charge on any atom is 0.332 e. The molecule has 2 atom stereocenters. The summed E-state index contributed by atoms with van der Waals surface area (Å²) in [6, 6.07) is 1.44. The minimum absolute atomic E-state index is 0.188. The first kappa shape index (κ1) is 14.7. The molecule has 0 radical (unpaired) electrons. The van der Waals surface area contributed by atoms with E-state index >= 15 is 0 Å². The highest BCUT2D eigenvalue weighted by molar-refractivity contribution is 6.33. The van der Waals surface area contributed by atoms with Crippen molar-refractivity contribution in [2.45, 2.75) is 25.0 Å². The topological polar surface area (TPSA) is 75.6 Å². The van der Waals surface area contributed by atoms with Gasteiger partial charge in [0.15, 0.2) is 11.9 Å². The second-order valence-electron chi connectivity index (χ2n) is 4.26. The number of carboxylic acid groups (broad SMARTS) is 1. The molecule has 1 aliphatic heterocycles. The standard InChI is InChI=1S/C12H10ClF2NO4/c13-6-3-5(14)4-7(15)10(6)16-11(17)8-1-2-9(20-8)12(18)19/h3-4,8-9H,1-2H2,(H,16,17)(H,18,19)/t8-,9+/m0/s1. The molecule has 0 unspecified atom stereocenters. The van der Waals surface area contributed by atoms with E-state index in [9.17, 15) is 18.4 Å². The minimum atomic E-state index is -1.16. The van der Waals surface area contributed by atoms with Crippen molar-refractivity contribution in [1.29, 1.82) is 0 Å². The second kappa shape index (κ2) is 5.72. The number of nitrogens with one attached hydrogen (secondary N) is 1. The molecule has 1 aliphatic rings. The van der Waals surface area contributed by atoms with Crippen LogP contribution < -0.4 is 5.32 Å². The van der Waals surface area contributed by atoms with Crippen LogP contribution in [0.3, 0.4) is 0 Å². The predicted octanol–water partition coefficient (Wildman–Crippen LogP) is 2.19. The Bertz CT molecular complexity index is 543. The molecule has 0 aliphatic carbocycles. The Morgan fingerprint density at radius 1 is 1.30 bits per heavy atom. The third-order valence-corrected chi connectivity index (χ3v) is 3.14. The fraction of sp³-hybridized carbons (Fsp3) is 0.333. The zero-order chi connectivity index (χ0) is 14.9. The van der Waals surface area contributed by atoms with Crippen LogP contribution in [-0.4, -0.2) is 29.2 Å². The van der Waals surface area contributed by atoms with E-state index in [1.165, 1.54) is 0 Å². The summed E-state index contributed by atoms with van der Waals surface area (Å²) < 4.78 is 31.4. The van der Waals surface area contributed by atoms with Crippen molar-refractivity contribution in [3.63, 3.8) is 0 Å². The molecule has 5 nitrogen and oxygen atoms in total. The van der Waals surface area contributed by atoms with E-state index in [-0.39, 0.29) is 23.6 Å². The number of rotatable bonds is 3. The number of benzene rings is 1. The molecule has 1 aromatic rings. The molecule has 0 saturated carbocycles. The minimum Gasteiger partial charge on any atom is -0.479 e. The lowest BCUT2D eigenvalue weighted by Gasteiger charge is -2.13. The Morgan fingerprint density at radius 2 is 1.95 bits per heavy atom. The quantitative estimate of drug-likeness (QED) is 0.897. The molecular formula is C12H10ClF2NO4. The van der Waals surface area contributed by atoms with Crippen molar-refractivity contribution >= 4 is 29.2 Å². The average molecular weight is 306 g/mol. The van der Waals surface area contributed by atoms with E-state index < -0.39 is 35.7 Å². The largest absolute Gasteiger partial charge is 0.479 e. The zero-order valence-electron chi connectivity index (χ0n) is 10.0. The number of carbonyl (C=O) groups is 2. The van der Waals surface area contributed by atoms with Gasteiger partial charge in [0.2, 0.25) is 0 Å². The van der Waals surface area contributed by atoms with Crippen LogP contribution in [0.15, 0.2) is 12.1 Å². The van der Waals surface area contributed by atoms with Gasteiger partial charge in [-0.15, -0.1) is 0 Å². The van der Waals surface area contributed by atoms with Gasteiger partial charge in [0.1, 0.15) is 11.9 Å². The summed E-state index contributed by atoms with van der Waals surface area (Å²) in [6.07, 6.45) is -1.67. The van der Waals surface area contributed by atoms with E-state index in [0.29, 0.717) is 6.07 Å². The summed E-state index contributed by atoms with van der Waals surface area (Å²) in [5.41, 5.74) is -0.361. The molecule has 1 fully saturated rings. The Kier molecular flexibility index (Phi) is 4.20. The van der Waals surface area contributed by atoms with Gasteiger partial charge in [0, 0.05) is 6.07 Å². The van der Waals surface area contributed by atoms with Gasteiger partial charge in [0.25, 0.3) is 5.91 Å². The van der Waals surface area contributed by atoms with E-state index in [1.807, 2.05) is 0 Å². The van der Waals surface area contributed by atoms with Crippen molar-refractivity contribution in [3.05, 3.63) is 28.8 Å². The highest BCUT2D eigenvalue weighted by Gasteiger charge is 2.35. The van der Waals surface area contributed by atoms with Crippen LogP contribution >= 0.6 is 11.6 Å². The SMILES string of the molecule is O=C(Nc1c(F)cc(F)cc1Cl)[C@@H]1CC[C@H](C(=O)O)O1. The van der Waals surface area contributed by atoms with Crippen LogP contribution in [0.1, 0.15) is 12.8 Å². The van der Waals surface area contributed by atoms with Gasteiger partial charge in [0.05, 0.1) is 10.7 Å². The Balaban J connectivity index is 2.08. The van der Waals surface area contributed by atoms with E-state index in [0.717, 1.165) is 6.07 Å². The fourth-order valence-corrected chi connectivity index (χ4v) is 2.12. The lowest BCUT2D eigenvalue weighted by atomic mass is 10.2. The molecule has 0 aromatic heterocycles. The van der Waals surface area contributed by atoms with Gasteiger partial charge in [-0.1, -0.05) is 11.6 Å². The molecule has 20 heavy (non-hydrogen) atoms. The van der Waals surface area contributed by atoms with Crippen molar-refractivity contribution in [1.82, 2.24) is 0 Å². The normalized spacial score (nSPS) is 21.8. The fourth-order valence-electron chi connectivity index (χ4n) is 1.88. The Hall–Kier alpha value is -1.73. The van der Waals surface area contributed by atoms with E-state index in [1.54, 1.807) is 0 Å². The first-order valence-corrected chi connectivity index (χ1v) is 6.10. The van der Waals surface area contributed by atoms with Crippen molar-refractivity contribution in [2.75, 3.05) is 5.32 Å². The average Bonchev–Trinajstić information content (AvgIpc) is 2.83. The Morgan fingerprint density at radius 3 is 2.50 bits per heavy atom. The monoisotopic (exact) mass is 305 g/mol. The summed E-state index contributed by atoms with van der Waals surface area (Å²) in [4.78, 5) is 22.5. The van der Waals surface area contributed by atoms with Gasteiger partial charge >= 0.3 is 5.97 Å². The highest BCUT2D eigenvalue weighted by Crippen LogP contribution is 2.28. The zero-order valence-corrected chi connectivity index (χ0v) is 10.8. The van der Waals surface area contributed by atoms with Crippen LogP contribution in [0, 0.1) is 11.6 Å². The molecular weight excluding hydrogens is 296 g/mol. The summed E-state index contributed by atoms with van der Waals surface area (Å²) in [5, 5.41) is 10.6. The molecule has 0 spiro atoms. The summed E-state index contributed by atoms with van der Waals surface area (Å²) in [5.74, 6) is -3.77. The number of anilines is 1. The van der Waals surface area contributed by atoms with E-state index in [4.69, 9.17) is 21.4 Å². The lowest BCUT2D eigenvalue weighted by Crippen LogP contribution is -2.30. The number of ether oxygens (including phenoxy) is 1. The van der Waals surface area contributed by atoms with Gasteiger partial charge in [-0.3, -0.25) is 4.79 Å². The molecule has 1 heterocycles. The molecule has 1 amide bonds. The van der Waals surface area contributed by atoms with Crippen molar-refractivity contribution in [2.24, 2.45) is 0 Å². The van der Waals surface area contributed by atoms with Crippen LogP contribution in [0.2, 0.25) is 5.02 Å². The van der Waals surface area contributed by atoms with Gasteiger partial charge in [-0.25, -0.2) is 13.6 Å². The van der Waals surface area contributed by atoms with Crippen LogP contribution in [0.5, 0.6) is 0 Å². The third-order valence-electron chi connectivity index (χ3n) is 2.84. The van der Waals surface area contributed by atoms with Gasteiger partial charge in [-0.05, 0) is 18.9 Å². The van der Waals surface area contributed by atoms with Crippen LogP contribution in [0.4, 0.5) is 14.5 Å². The Labute approximate surface area is 117 Å². The number of carboxylic acids is 1. The molecule has 1 saturated heterocycles. The number of hydrogen-bond acceptors (Lipinski definition) is 3. The van der Waals surface area contributed by atoms with Crippen molar-refractivity contribution in [3.8, 4) is 0 Å². The molecule has 2 N–H and O–H groups in total. The van der Waals surface area contributed by atoms with Gasteiger partial charge in [-0.2, -0.15) is 0 Å². The number of hydrogen-bond donors (Lipinski definition) is 2. The molecule has 0 bridgehead atoms. The second-order valence-corrected chi connectivity index (χ2v) is 4.67. The lowest BCUT2D eigenvalue weighted by molar-refractivity contribution is -0.150. The van der Waals surface area contributed by atoms with Crippen molar-refractivity contribution < 1.29 is 28.2 Å². The smallest absolute Gasteiger partial charge is 0.332 e. The first-order valence-electron chi connectivity index (χ1n) is 5.72. The number of aliphatic carboxylic acids is 1. The number of carbonyl (C=O) groups excluding carboxylic acids is 1. The molecule has 2 rings (SSSR count). The summed E-state index contributed by atoms with van der Waals surface area (Å²) in [6.45, 7) is 0. The van der Waals surface area contributed by atoms with Crippen LogP contribution in [0.25, 0.3) is 0 Å². The van der Waals surface area contributed by atoms with Gasteiger partial charge < -0.3 is 15.2 Å². The number of amides is 1. The van der Waals surface area contributed by atoms with Crippen LogP contribution in [-0.2, 0) is 14.3 Å². The maximum atomic E-state index is 13.5. The maximum absolute atomic E-state index is 13.5. The predicted molar refractivity (Wildman–Crippen MR) is 65.5 cm³/mol. The van der Waals surface area contributed by atoms with E-state index in [2.05, 4.69) is 5.32 Å². The molecule has 8 heteroatoms. The summed E-state index contributed by atoms with van der Waals surface area (Å²) in [7, 11) is 0. The number of halogens is 3. The molecule has 1 aromatic carbocycles. The highest BCUT2D eigenvalue weighted by atomic mass is 35.5. The first-order chi connectivity index (χ1) is 9.38. The third kappa shape index (κ3) is 3.05.